The van der Waals surface area contributed by atoms with Gasteiger partial charge in [-0.2, -0.15) is 0 Å². The fraction of sp³-hybridized carbons (Fsp3) is 0.667. The molecule has 2 nitrogen and oxygen atoms in total. The molecule has 1 heterocycles. The molecule has 0 saturated carbocycles. The molecule has 0 bridgehead atoms. The average molecular weight is 266 g/mol. The highest BCUT2D eigenvalue weighted by atomic mass is 32.2. The molecule has 102 valence electrons. The smallest absolute Gasteiger partial charge is 0.0989 e. The molecular formula is C15H26N2S. The maximum absolute atomic E-state index is 4.57. The molecule has 0 aliphatic carbocycles. The minimum Gasteiger partial charge on any atom is -0.312 e. The fourth-order valence-electron chi connectivity index (χ4n) is 1.69. The van der Waals surface area contributed by atoms with Crippen LogP contribution in [0.1, 0.15) is 44.7 Å². The first-order chi connectivity index (χ1) is 8.63. The average Bonchev–Trinajstić information content (AvgIpc) is 2.31. The first-order valence-corrected chi connectivity index (χ1v) is 7.91. The number of nitrogens with one attached hydrogen (secondary N) is 1. The first kappa shape index (κ1) is 15.5. The lowest BCUT2D eigenvalue weighted by atomic mass is 10.2. The molecule has 1 rings (SSSR count). The van der Waals surface area contributed by atoms with Crippen LogP contribution in [0.3, 0.4) is 0 Å². The van der Waals surface area contributed by atoms with Gasteiger partial charge in [0.2, 0.25) is 0 Å². The van der Waals surface area contributed by atoms with E-state index < -0.39 is 0 Å². The predicted molar refractivity (Wildman–Crippen MR) is 81.2 cm³/mol. The maximum atomic E-state index is 4.57. The molecule has 0 radical (unpaired) electrons. The van der Waals surface area contributed by atoms with E-state index in [0.29, 0.717) is 5.92 Å². The Labute approximate surface area is 116 Å². The van der Waals surface area contributed by atoms with Crippen LogP contribution < -0.4 is 5.32 Å². The zero-order valence-electron chi connectivity index (χ0n) is 12.1. The third kappa shape index (κ3) is 5.87. The summed E-state index contributed by atoms with van der Waals surface area (Å²) in [6.07, 6.45) is 4.53. The molecule has 3 heteroatoms. The lowest BCUT2D eigenvalue weighted by Crippen LogP contribution is -2.19. The Kier molecular flexibility index (Phi) is 7.36. The minimum absolute atomic E-state index is 0.697. The molecule has 0 saturated heterocycles. The van der Waals surface area contributed by atoms with E-state index in [0.717, 1.165) is 13.1 Å². The standard InChI is InChI=1S/C15H26N2S/c1-5-6-7-18-15-13(4)8-14(11-17-15)10-16-9-12(2)3/h8,11-12,16H,5-7,9-10H2,1-4H3. The summed E-state index contributed by atoms with van der Waals surface area (Å²) >= 11 is 1.88. The zero-order chi connectivity index (χ0) is 13.4. The van der Waals surface area contributed by atoms with Gasteiger partial charge in [-0.25, -0.2) is 4.98 Å². The van der Waals surface area contributed by atoms with Crippen LogP contribution in [0.4, 0.5) is 0 Å². The number of aryl methyl sites for hydroxylation is 1. The van der Waals surface area contributed by atoms with Crippen molar-refractivity contribution < 1.29 is 0 Å². The predicted octanol–water partition coefficient (Wildman–Crippen LogP) is 4.03. The topological polar surface area (TPSA) is 24.9 Å². The van der Waals surface area contributed by atoms with Gasteiger partial charge >= 0.3 is 0 Å². The summed E-state index contributed by atoms with van der Waals surface area (Å²) in [5, 5.41) is 4.64. The van der Waals surface area contributed by atoms with Crippen molar-refractivity contribution in [2.75, 3.05) is 12.3 Å². The molecule has 0 unspecified atom stereocenters. The number of rotatable bonds is 8. The molecule has 0 spiro atoms. The second kappa shape index (κ2) is 8.54. The number of thioether (sulfide) groups is 1. The van der Waals surface area contributed by atoms with Crippen molar-refractivity contribution in [1.82, 2.24) is 10.3 Å². The Balaban J connectivity index is 2.45. The van der Waals surface area contributed by atoms with Crippen LogP contribution in [-0.4, -0.2) is 17.3 Å². The Morgan fingerprint density at radius 3 is 2.78 bits per heavy atom. The van der Waals surface area contributed by atoms with Gasteiger partial charge in [0.1, 0.15) is 0 Å². The van der Waals surface area contributed by atoms with Crippen LogP contribution in [0.25, 0.3) is 0 Å². The minimum atomic E-state index is 0.697. The number of pyridine rings is 1. The van der Waals surface area contributed by atoms with Crippen LogP contribution in [0.5, 0.6) is 0 Å². The quantitative estimate of drug-likeness (QED) is 0.568. The van der Waals surface area contributed by atoms with Gasteiger partial charge in [0, 0.05) is 12.7 Å². The van der Waals surface area contributed by atoms with E-state index in [4.69, 9.17) is 0 Å². The fourth-order valence-corrected chi connectivity index (χ4v) is 2.73. The van der Waals surface area contributed by atoms with Crippen molar-refractivity contribution in [1.29, 1.82) is 0 Å². The van der Waals surface area contributed by atoms with Gasteiger partial charge in [-0.3, -0.25) is 0 Å². The van der Waals surface area contributed by atoms with Crippen LogP contribution >= 0.6 is 11.8 Å². The van der Waals surface area contributed by atoms with Gasteiger partial charge in [0.25, 0.3) is 0 Å². The highest BCUT2D eigenvalue weighted by Crippen LogP contribution is 2.21. The molecule has 0 aliphatic rings. The molecule has 0 atom stereocenters. The molecule has 1 aromatic heterocycles. The third-order valence-corrected chi connectivity index (χ3v) is 3.90. The Hall–Kier alpha value is -0.540. The van der Waals surface area contributed by atoms with Gasteiger partial charge < -0.3 is 5.32 Å². The molecule has 1 aromatic rings. The van der Waals surface area contributed by atoms with Crippen molar-refractivity contribution in [2.45, 2.75) is 52.1 Å². The van der Waals surface area contributed by atoms with Crippen LogP contribution in [0, 0.1) is 12.8 Å². The highest BCUT2D eigenvalue weighted by molar-refractivity contribution is 7.99. The van der Waals surface area contributed by atoms with Crippen molar-refractivity contribution in [3.05, 3.63) is 23.4 Å². The summed E-state index contributed by atoms with van der Waals surface area (Å²) < 4.78 is 0. The van der Waals surface area contributed by atoms with Crippen LogP contribution in [0.2, 0.25) is 0 Å². The normalized spacial score (nSPS) is 11.2. The van der Waals surface area contributed by atoms with E-state index in [-0.39, 0.29) is 0 Å². The monoisotopic (exact) mass is 266 g/mol. The number of hydrogen-bond donors (Lipinski definition) is 1. The second-order valence-electron chi connectivity index (χ2n) is 5.19. The van der Waals surface area contributed by atoms with E-state index in [1.54, 1.807) is 0 Å². The number of hydrogen-bond acceptors (Lipinski definition) is 3. The SMILES string of the molecule is CCCCSc1ncc(CNCC(C)C)cc1C. The number of unbranched alkanes of at least 4 members (excludes halogenated alkanes) is 1. The first-order valence-electron chi connectivity index (χ1n) is 6.92. The van der Waals surface area contributed by atoms with E-state index in [1.165, 1.54) is 34.7 Å². The molecule has 0 aromatic carbocycles. The lowest BCUT2D eigenvalue weighted by molar-refractivity contribution is 0.551. The molecule has 0 fully saturated rings. The van der Waals surface area contributed by atoms with Crippen molar-refractivity contribution in [3.63, 3.8) is 0 Å². The van der Waals surface area contributed by atoms with Gasteiger partial charge in [0.15, 0.2) is 0 Å². The van der Waals surface area contributed by atoms with Gasteiger partial charge in [-0.1, -0.05) is 33.3 Å². The summed E-state index contributed by atoms with van der Waals surface area (Å²) in [6.45, 7) is 10.8. The third-order valence-electron chi connectivity index (χ3n) is 2.71. The molecular weight excluding hydrogens is 240 g/mol. The highest BCUT2D eigenvalue weighted by Gasteiger charge is 2.03. The Morgan fingerprint density at radius 1 is 1.39 bits per heavy atom. The Morgan fingerprint density at radius 2 is 2.17 bits per heavy atom. The summed E-state index contributed by atoms with van der Waals surface area (Å²) in [5.41, 5.74) is 2.59. The molecule has 18 heavy (non-hydrogen) atoms. The summed E-state index contributed by atoms with van der Waals surface area (Å²) in [7, 11) is 0. The maximum Gasteiger partial charge on any atom is 0.0989 e. The van der Waals surface area contributed by atoms with Crippen molar-refractivity contribution >= 4 is 11.8 Å². The number of aromatic nitrogens is 1. The zero-order valence-corrected chi connectivity index (χ0v) is 12.9. The van der Waals surface area contributed by atoms with E-state index in [1.807, 2.05) is 18.0 Å². The number of nitrogens with zero attached hydrogens (tertiary/aromatic N) is 1. The second-order valence-corrected chi connectivity index (χ2v) is 6.28. The molecule has 0 aliphatic heterocycles. The van der Waals surface area contributed by atoms with Crippen LogP contribution in [-0.2, 0) is 6.54 Å². The molecule has 0 amide bonds. The summed E-state index contributed by atoms with van der Waals surface area (Å²) in [5.74, 6) is 1.87. The van der Waals surface area contributed by atoms with Crippen molar-refractivity contribution in [2.24, 2.45) is 5.92 Å². The van der Waals surface area contributed by atoms with Gasteiger partial charge in [-0.15, -0.1) is 11.8 Å². The largest absolute Gasteiger partial charge is 0.312 e. The van der Waals surface area contributed by atoms with Crippen molar-refractivity contribution in [3.8, 4) is 0 Å². The van der Waals surface area contributed by atoms with E-state index in [9.17, 15) is 0 Å². The summed E-state index contributed by atoms with van der Waals surface area (Å²) in [6, 6.07) is 2.26. The summed E-state index contributed by atoms with van der Waals surface area (Å²) in [4.78, 5) is 4.57. The van der Waals surface area contributed by atoms with Gasteiger partial charge in [-0.05, 0) is 42.7 Å². The van der Waals surface area contributed by atoms with E-state index >= 15 is 0 Å². The lowest BCUT2D eigenvalue weighted by Gasteiger charge is -2.09. The van der Waals surface area contributed by atoms with Gasteiger partial charge in [0.05, 0.1) is 5.03 Å². The molecule has 1 N–H and O–H groups in total. The van der Waals surface area contributed by atoms with Crippen LogP contribution in [0.15, 0.2) is 17.3 Å². The van der Waals surface area contributed by atoms with E-state index in [2.05, 4.69) is 44.1 Å². The Bertz CT molecular complexity index is 350.